The number of aryl methyl sites for hydroxylation is 1. The third kappa shape index (κ3) is 2.06. The van der Waals surface area contributed by atoms with Crippen LogP contribution in [-0.2, 0) is 4.79 Å². The summed E-state index contributed by atoms with van der Waals surface area (Å²) in [4.78, 5) is 11.7. The summed E-state index contributed by atoms with van der Waals surface area (Å²) in [6.45, 7) is 4.00. The zero-order chi connectivity index (χ0) is 12.7. The van der Waals surface area contributed by atoms with Gasteiger partial charge in [-0.2, -0.15) is 0 Å². The van der Waals surface area contributed by atoms with Crippen molar-refractivity contribution in [3.63, 3.8) is 0 Å². The molecule has 0 amide bonds. The smallest absolute Gasteiger partial charge is 0.136 e. The number of nitrogens with one attached hydrogen (secondary N) is 1. The first kappa shape index (κ1) is 11.5. The van der Waals surface area contributed by atoms with Crippen LogP contribution in [0, 0.1) is 6.92 Å². The molecule has 0 bridgehead atoms. The van der Waals surface area contributed by atoms with Gasteiger partial charge in [-0.3, -0.25) is 4.79 Å². The summed E-state index contributed by atoms with van der Waals surface area (Å²) in [5, 5.41) is 4.59. The van der Waals surface area contributed by atoms with E-state index in [9.17, 15) is 4.79 Å². The minimum atomic E-state index is 0.121. The quantitative estimate of drug-likeness (QED) is 0.836. The van der Waals surface area contributed by atoms with Crippen molar-refractivity contribution in [2.24, 2.45) is 0 Å². The molecule has 1 aliphatic rings. The lowest BCUT2D eigenvalue weighted by Gasteiger charge is -2.28. The van der Waals surface area contributed by atoms with Gasteiger partial charge in [-0.15, -0.1) is 0 Å². The number of rotatable bonds is 1. The molecule has 18 heavy (non-hydrogen) atoms. The maximum absolute atomic E-state index is 11.7. The van der Waals surface area contributed by atoms with Crippen LogP contribution in [-0.4, -0.2) is 11.8 Å². The number of Topliss-reactive ketones (excluding diaryl/α,β-unsaturated/α-hetero) is 1. The van der Waals surface area contributed by atoms with Gasteiger partial charge in [0, 0.05) is 30.3 Å². The van der Waals surface area contributed by atoms with Crippen molar-refractivity contribution in [1.82, 2.24) is 5.32 Å². The molecule has 0 spiro atoms. The van der Waals surface area contributed by atoms with E-state index >= 15 is 0 Å². The van der Waals surface area contributed by atoms with Crippen LogP contribution in [0.5, 0.6) is 0 Å². The Kier molecular flexibility index (Phi) is 2.71. The molecule has 3 rings (SSSR count). The second kappa shape index (κ2) is 4.25. The van der Waals surface area contributed by atoms with E-state index in [2.05, 4.69) is 24.4 Å². The molecule has 3 nitrogen and oxygen atoms in total. The summed E-state index contributed by atoms with van der Waals surface area (Å²) in [5.74, 6) is 1.25. The summed E-state index contributed by atoms with van der Waals surface area (Å²) >= 11 is 0. The van der Waals surface area contributed by atoms with Crippen LogP contribution in [0.15, 0.2) is 28.7 Å². The molecule has 0 aliphatic carbocycles. The average Bonchev–Trinajstić information content (AvgIpc) is 2.66. The van der Waals surface area contributed by atoms with E-state index in [0.717, 1.165) is 22.3 Å². The van der Waals surface area contributed by atoms with Crippen molar-refractivity contribution in [3.8, 4) is 0 Å². The van der Waals surface area contributed by atoms with E-state index in [1.165, 1.54) is 0 Å². The van der Waals surface area contributed by atoms with E-state index in [0.29, 0.717) is 18.6 Å². The second-order valence-corrected chi connectivity index (χ2v) is 5.22. The first-order chi connectivity index (χ1) is 8.61. The fraction of sp³-hybridized carbons (Fsp3) is 0.400. The molecule has 94 valence electrons. The molecular formula is C15H17NO2. The zero-order valence-electron chi connectivity index (χ0n) is 10.7. The van der Waals surface area contributed by atoms with Crippen molar-refractivity contribution < 1.29 is 9.21 Å². The number of piperidine rings is 1. The van der Waals surface area contributed by atoms with Crippen molar-refractivity contribution in [3.05, 3.63) is 35.6 Å². The average molecular weight is 243 g/mol. The summed E-state index contributed by atoms with van der Waals surface area (Å²) in [6, 6.07) is 8.60. The molecule has 0 saturated carbocycles. The van der Waals surface area contributed by atoms with Gasteiger partial charge < -0.3 is 9.73 Å². The van der Waals surface area contributed by atoms with Gasteiger partial charge in [0.25, 0.3) is 0 Å². The van der Waals surface area contributed by atoms with Gasteiger partial charge in [0.15, 0.2) is 0 Å². The Morgan fingerprint density at radius 2 is 2.11 bits per heavy atom. The van der Waals surface area contributed by atoms with Crippen molar-refractivity contribution in [1.29, 1.82) is 0 Å². The lowest BCUT2D eigenvalue weighted by Crippen LogP contribution is -2.38. The third-order valence-electron chi connectivity index (χ3n) is 3.52. The molecule has 1 aromatic heterocycles. The summed E-state index contributed by atoms with van der Waals surface area (Å²) in [5.41, 5.74) is 2.04. The molecule has 2 unspecified atom stereocenters. The Hall–Kier alpha value is -1.61. The van der Waals surface area contributed by atoms with E-state index in [4.69, 9.17) is 4.42 Å². The number of fused-ring (bicyclic) bond motifs is 1. The highest BCUT2D eigenvalue weighted by atomic mass is 16.3. The zero-order valence-corrected chi connectivity index (χ0v) is 10.7. The van der Waals surface area contributed by atoms with E-state index in [1.54, 1.807) is 0 Å². The van der Waals surface area contributed by atoms with Crippen molar-refractivity contribution in [2.45, 2.75) is 38.8 Å². The van der Waals surface area contributed by atoms with Crippen LogP contribution in [0.1, 0.15) is 37.1 Å². The molecular weight excluding hydrogens is 226 g/mol. The van der Waals surface area contributed by atoms with E-state index in [1.807, 2.05) is 19.1 Å². The van der Waals surface area contributed by atoms with Crippen molar-refractivity contribution in [2.75, 3.05) is 0 Å². The number of carbonyl (C=O) groups is 1. The number of hydrogen-bond acceptors (Lipinski definition) is 3. The summed E-state index contributed by atoms with van der Waals surface area (Å²) in [6.07, 6.45) is 1.22. The SMILES string of the molecule is Cc1cc2ccc(C3CC(=O)CC(C)N3)cc2o1. The molecule has 3 heteroatoms. The number of carbonyl (C=O) groups excluding carboxylic acids is 1. The van der Waals surface area contributed by atoms with Crippen LogP contribution in [0.25, 0.3) is 11.0 Å². The molecule has 1 aliphatic heterocycles. The van der Waals surface area contributed by atoms with Crippen LogP contribution >= 0.6 is 0 Å². The molecule has 2 heterocycles. The third-order valence-corrected chi connectivity index (χ3v) is 3.52. The number of hydrogen-bond donors (Lipinski definition) is 1. The minimum absolute atomic E-state index is 0.121. The Balaban J connectivity index is 1.95. The van der Waals surface area contributed by atoms with Gasteiger partial charge in [-0.1, -0.05) is 12.1 Å². The Bertz CT molecular complexity index is 600. The Labute approximate surface area is 106 Å². The largest absolute Gasteiger partial charge is 0.461 e. The maximum atomic E-state index is 11.7. The van der Waals surface area contributed by atoms with Crippen LogP contribution in [0.2, 0.25) is 0 Å². The second-order valence-electron chi connectivity index (χ2n) is 5.22. The molecule has 1 N–H and O–H groups in total. The summed E-state index contributed by atoms with van der Waals surface area (Å²) in [7, 11) is 0. The highest BCUT2D eigenvalue weighted by Gasteiger charge is 2.25. The first-order valence-electron chi connectivity index (χ1n) is 6.39. The summed E-state index contributed by atoms with van der Waals surface area (Å²) < 4.78 is 5.64. The van der Waals surface area contributed by atoms with Gasteiger partial charge in [0.2, 0.25) is 0 Å². The molecule has 1 saturated heterocycles. The Morgan fingerprint density at radius 3 is 2.89 bits per heavy atom. The fourth-order valence-corrected chi connectivity index (χ4v) is 2.73. The maximum Gasteiger partial charge on any atom is 0.136 e. The molecule has 1 fully saturated rings. The van der Waals surface area contributed by atoms with Crippen LogP contribution in [0.4, 0.5) is 0 Å². The topological polar surface area (TPSA) is 42.2 Å². The number of furan rings is 1. The van der Waals surface area contributed by atoms with Crippen molar-refractivity contribution >= 4 is 16.8 Å². The van der Waals surface area contributed by atoms with Gasteiger partial charge in [-0.25, -0.2) is 0 Å². The Morgan fingerprint density at radius 1 is 1.28 bits per heavy atom. The number of ketones is 1. The highest BCUT2D eigenvalue weighted by Crippen LogP contribution is 2.27. The molecule has 2 aromatic rings. The first-order valence-corrected chi connectivity index (χ1v) is 6.39. The molecule has 2 atom stereocenters. The van der Waals surface area contributed by atoms with Gasteiger partial charge in [0.05, 0.1) is 0 Å². The van der Waals surface area contributed by atoms with Gasteiger partial charge in [-0.05, 0) is 31.5 Å². The molecule has 1 aromatic carbocycles. The lowest BCUT2D eigenvalue weighted by molar-refractivity contribution is -0.121. The standard InChI is InChI=1S/C15H17NO2/c1-9-5-13(17)8-14(16-9)11-3-4-12-6-10(2)18-15(12)7-11/h3-4,6-7,9,14,16H,5,8H2,1-2H3. The van der Waals surface area contributed by atoms with E-state index < -0.39 is 0 Å². The van der Waals surface area contributed by atoms with Crippen LogP contribution in [0.3, 0.4) is 0 Å². The monoisotopic (exact) mass is 243 g/mol. The predicted octanol–water partition coefficient (Wildman–Crippen LogP) is 3.12. The van der Waals surface area contributed by atoms with Gasteiger partial charge in [0.1, 0.15) is 17.1 Å². The predicted molar refractivity (Wildman–Crippen MR) is 70.5 cm³/mol. The van der Waals surface area contributed by atoms with Gasteiger partial charge >= 0.3 is 0 Å². The number of benzene rings is 1. The van der Waals surface area contributed by atoms with E-state index in [-0.39, 0.29) is 12.1 Å². The molecule has 0 radical (unpaired) electrons. The fourth-order valence-electron chi connectivity index (χ4n) is 2.73. The lowest BCUT2D eigenvalue weighted by atomic mass is 9.93. The minimum Gasteiger partial charge on any atom is -0.461 e. The van der Waals surface area contributed by atoms with Crippen LogP contribution < -0.4 is 5.32 Å². The normalized spacial score (nSPS) is 24.7. The highest BCUT2D eigenvalue weighted by molar-refractivity contribution is 5.82.